The topological polar surface area (TPSA) is 71.3 Å². The number of carbonyl (C=O) groups excluding carboxylic acids is 1. The largest absolute Gasteiger partial charge is 0.493 e. The number of para-hydroxylation sites is 1. The lowest BCUT2D eigenvalue weighted by molar-refractivity contribution is -0.112. The summed E-state index contributed by atoms with van der Waals surface area (Å²) in [6, 6.07) is 20.2. The van der Waals surface area contributed by atoms with Crippen LogP contribution in [0.25, 0.3) is 6.08 Å². The number of amides is 1. The average Bonchev–Trinajstić information content (AvgIpc) is 2.80. The van der Waals surface area contributed by atoms with Gasteiger partial charge in [0, 0.05) is 16.3 Å². The Balaban J connectivity index is 1.89. The standard InChI is InChI=1S/C26H23ClN2O3/c1-17-6-4-8-23(18(17)2)29-26(30)21(15-28)14-20-7-5-9-24(31-3)25(20)32-16-19-10-12-22(27)13-11-19/h4-14H,16H2,1-3H3,(H,29,30). The lowest BCUT2D eigenvalue weighted by atomic mass is 10.1. The fourth-order valence-electron chi connectivity index (χ4n) is 3.08. The maximum absolute atomic E-state index is 12.8. The molecule has 0 aliphatic rings. The molecule has 1 amide bonds. The minimum atomic E-state index is -0.493. The zero-order valence-corrected chi connectivity index (χ0v) is 18.9. The lowest BCUT2D eigenvalue weighted by Gasteiger charge is -2.14. The van der Waals surface area contributed by atoms with Crippen LogP contribution in [0.3, 0.4) is 0 Å². The highest BCUT2D eigenvalue weighted by molar-refractivity contribution is 6.30. The van der Waals surface area contributed by atoms with Crippen LogP contribution in [0, 0.1) is 25.2 Å². The van der Waals surface area contributed by atoms with Gasteiger partial charge in [-0.15, -0.1) is 0 Å². The number of carbonyl (C=O) groups is 1. The summed E-state index contributed by atoms with van der Waals surface area (Å²) in [5.74, 6) is 0.449. The van der Waals surface area contributed by atoms with E-state index in [1.807, 2.05) is 44.2 Å². The number of nitriles is 1. The second-order valence-electron chi connectivity index (χ2n) is 7.17. The van der Waals surface area contributed by atoms with Crippen molar-refractivity contribution in [3.63, 3.8) is 0 Å². The first kappa shape index (κ1) is 22.9. The van der Waals surface area contributed by atoms with Gasteiger partial charge >= 0.3 is 0 Å². The van der Waals surface area contributed by atoms with E-state index in [1.165, 1.54) is 13.2 Å². The number of nitrogens with zero attached hydrogens (tertiary/aromatic N) is 1. The normalized spacial score (nSPS) is 10.9. The Kier molecular flexibility index (Phi) is 7.54. The summed E-state index contributed by atoms with van der Waals surface area (Å²) in [5.41, 5.74) is 4.10. The molecule has 162 valence electrons. The van der Waals surface area contributed by atoms with Crippen LogP contribution in [0.4, 0.5) is 5.69 Å². The lowest BCUT2D eigenvalue weighted by Crippen LogP contribution is -2.14. The summed E-state index contributed by atoms with van der Waals surface area (Å²) >= 11 is 5.94. The van der Waals surface area contributed by atoms with Crippen LogP contribution in [0.5, 0.6) is 11.5 Å². The van der Waals surface area contributed by atoms with Gasteiger partial charge in [-0.25, -0.2) is 0 Å². The number of anilines is 1. The molecule has 3 rings (SSSR count). The summed E-state index contributed by atoms with van der Waals surface area (Å²) in [5, 5.41) is 13.1. The van der Waals surface area contributed by atoms with E-state index in [1.54, 1.807) is 36.4 Å². The number of benzene rings is 3. The van der Waals surface area contributed by atoms with Crippen molar-refractivity contribution in [2.24, 2.45) is 0 Å². The van der Waals surface area contributed by atoms with Crippen LogP contribution in [-0.4, -0.2) is 13.0 Å². The Hall–Kier alpha value is -3.75. The first-order valence-corrected chi connectivity index (χ1v) is 10.3. The zero-order chi connectivity index (χ0) is 23.1. The summed E-state index contributed by atoms with van der Waals surface area (Å²) in [6.45, 7) is 4.16. The molecule has 6 heteroatoms. The molecule has 3 aromatic rings. The molecule has 32 heavy (non-hydrogen) atoms. The molecule has 3 aromatic carbocycles. The summed E-state index contributed by atoms with van der Waals surface area (Å²) in [4.78, 5) is 12.8. The Morgan fingerprint density at radius 1 is 1.09 bits per heavy atom. The van der Waals surface area contributed by atoms with Crippen LogP contribution in [0.15, 0.2) is 66.2 Å². The number of rotatable bonds is 7. The Labute approximate surface area is 192 Å². The first-order chi connectivity index (χ1) is 15.4. The molecule has 0 saturated heterocycles. The highest BCUT2D eigenvalue weighted by Crippen LogP contribution is 2.33. The summed E-state index contributed by atoms with van der Waals surface area (Å²) < 4.78 is 11.4. The molecule has 1 N–H and O–H groups in total. The van der Waals surface area contributed by atoms with E-state index in [2.05, 4.69) is 5.32 Å². The van der Waals surface area contributed by atoms with Crippen LogP contribution >= 0.6 is 11.6 Å². The number of ether oxygens (including phenoxy) is 2. The Morgan fingerprint density at radius 3 is 2.50 bits per heavy atom. The van der Waals surface area contributed by atoms with Gasteiger partial charge < -0.3 is 14.8 Å². The van der Waals surface area contributed by atoms with Gasteiger partial charge in [0.05, 0.1) is 7.11 Å². The number of hydrogen-bond acceptors (Lipinski definition) is 4. The molecule has 5 nitrogen and oxygen atoms in total. The van der Waals surface area contributed by atoms with E-state index in [0.29, 0.717) is 27.8 Å². The van der Waals surface area contributed by atoms with Gasteiger partial charge in [-0.05, 0) is 60.9 Å². The number of hydrogen-bond donors (Lipinski definition) is 1. The fraction of sp³-hybridized carbons (Fsp3) is 0.154. The summed E-state index contributed by atoms with van der Waals surface area (Å²) in [6.07, 6.45) is 1.50. The van der Waals surface area contributed by atoms with Crippen molar-refractivity contribution >= 4 is 29.3 Å². The van der Waals surface area contributed by atoms with Gasteiger partial charge in [0.15, 0.2) is 11.5 Å². The molecule has 0 atom stereocenters. The summed E-state index contributed by atoms with van der Waals surface area (Å²) in [7, 11) is 1.54. The predicted octanol–water partition coefficient (Wildman–Crippen LogP) is 6.09. The third-order valence-electron chi connectivity index (χ3n) is 5.04. The molecule has 0 aliphatic carbocycles. The molecule has 0 radical (unpaired) electrons. The van der Waals surface area contributed by atoms with Crippen molar-refractivity contribution in [2.75, 3.05) is 12.4 Å². The molecule has 0 bridgehead atoms. The number of methoxy groups -OCH3 is 1. The molecule has 0 heterocycles. The quantitative estimate of drug-likeness (QED) is 0.352. The van der Waals surface area contributed by atoms with Crippen molar-refractivity contribution < 1.29 is 14.3 Å². The zero-order valence-electron chi connectivity index (χ0n) is 18.1. The smallest absolute Gasteiger partial charge is 0.266 e. The van der Waals surface area contributed by atoms with Crippen molar-refractivity contribution in [1.82, 2.24) is 0 Å². The maximum atomic E-state index is 12.8. The average molecular weight is 447 g/mol. The van der Waals surface area contributed by atoms with E-state index in [0.717, 1.165) is 16.7 Å². The van der Waals surface area contributed by atoms with Crippen molar-refractivity contribution in [1.29, 1.82) is 5.26 Å². The molecule has 0 spiro atoms. The van der Waals surface area contributed by atoms with E-state index in [-0.39, 0.29) is 12.2 Å². The molecule has 0 unspecified atom stereocenters. The van der Waals surface area contributed by atoms with Gasteiger partial charge in [0.25, 0.3) is 5.91 Å². The molecule has 0 fully saturated rings. The van der Waals surface area contributed by atoms with Gasteiger partial charge in [-0.3, -0.25) is 4.79 Å². The minimum Gasteiger partial charge on any atom is -0.493 e. The van der Waals surface area contributed by atoms with Gasteiger partial charge in [0.1, 0.15) is 18.2 Å². The molecular formula is C26H23ClN2O3. The number of nitrogens with one attached hydrogen (secondary N) is 1. The van der Waals surface area contributed by atoms with Crippen molar-refractivity contribution in [3.05, 3.63) is 93.5 Å². The third kappa shape index (κ3) is 5.48. The first-order valence-electron chi connectivity index (χ1n) is 9.96. The van der Waals surface area contributed by atoms with Gasteiger partial charge in [-0.2, -0.15) is 5.26 Å². The predicted molar refractivity (Wildman–Crippen MR) is 127 cm³/mol. The van der Waals surface area contributed by atoms with Crippen LogP contribution < -0.4 is 14.8 Å². The van der Waals surface area contributed by atoms with Crippen LogP contribution in [0.2, 0.25) is 5.02 Å². The third-order valence-corrected chi connectivity index (χ3v) is 5.30. The van der Waals surface area contributed by atoms with E-state index in [4.69, 9.17) is 21.1 Å². The highest BCUT2D eigenvalue weighted by atomic mass is 35.5. The monoisotopic (exact) mass is 446 g/mol. The van der Waals surface area contributed by atoms with E-state index < -0.39 is 5.91 Å². The SMILES string of the molecule is COc1cccc(C=C(C#N)C(=O)Nc2cccc(C)c2C)c1OCc1ccc(Cl)cc1. The number of aryl methyl sites for hydroxylation is 1. The Morgan fingerprint density at radius 2 is 1.81 bits per heavy atom. The van der Waals surface area contributed by atoms with Crippen molar-refractivity contribution in [3.8, 4) is 17.6 Å². The van der Waals surface area contributed by atoms with E-state index in [9.17, 15) is 10.1 Å². The van der Waals surface area contributed by atoms with Gasteiger partial charge in [-0.1, -0.05) is 48.0 Å². The minimum absolute atomic E-state index is 0.0458. The van der Waals surface area contributed by atoms with Crippen LogP contribution in [-0.2, 0) is 11.4 Å². The number of halogens is 1. The molecular weight excluding hydrogens is 424 g/mol. The fourth-order valence-corrected chi connectivity index (χ4v) is 3.20. The molecule has 0 aliphatic heterocycles. The maximum Gasteiger partial charge on any atom is 0.266 e. The van der Waals surface area contributed by atoms with E-state index >= 15 is 0 Å². The van der Waals surface area contributed by atoms with Crippen LogP contribution in [0.1, 0.15) is 22.3 Å². The molecule has 0 saturated carbocycles. The molecule has 0 aromatic heterocycles. The second kappa shape index (κ2) is 10.5. The second-order valence-corrected chi connectivity index (χ2v) is 7.60. The highest BCUT2D eigenvalue weighted by Gasteiger charge is 2.15. The Bertz CT molecular complexity index is 1190. The van der Waals surface area contributed by atoms with Crippen molar-refractivity contribution in [2.45, 2.75) is 20.5 Å². The van der Waals surface area contributed by atoms with Gasteiger partial charge in [0.2, 0.25) is 0 Å².